The van der Waals surface area contributed by atoms with Crippen LogP contribution in [0, 0.1) is 0 Å². The van der Waals surface area contributed by atoms with E-state index in [1.54, 1.807) is 4.90 Å². The Morgan fingerprint density at radius 1 is 1.50 bits per heavy atom. The second-order valence-corrected chi connectivity index (χ2v) is 5.14. The quantitative estimate of drug-likeness (QED) is 0.676. The molecule has 1 N–H and O–H groups in total. The van der Waals surface area contributed by atoms with Gasteiger partial charge in [-0.05, 0) is 27.7 Å². The molecule has 0 aliphatic carbocycles. The van der Waals surface area contributed by atoms with Crippen LogP contribution < -0.4 is 5.32 Å². The van der Waals surface area contributed by atoms with E-state index in [-0.39, 0.29) is 18.0 Å². The van der Waals surface area contributed by atoms with Crippen LogP contribution in [0.25, 0.3) is 0 Å². The van der Waals surface area contributed by atoms with Crippen molar-refractivity contribution in [2.24, 2.45) is 0 Å². The zero-order valence-electron chi connectivity index (χ0n) is 10.4. The van der Waals surface area contributed by atoms with Crippen LogP contribution in [0.1, 0.15) is 34.1 Å². The Kier molecular flexibility index (Phi) is 3.78. The molecule has 5 nitrogen and oxygen atoms in total. The van der Waals surface area contributed by atoms with Gasteiger partial charge in [0.1, 0.15) is 5.60 Å². The molecule has 1 aliphatic rings. The van der Waals surface area contributed by atoms with E-state index >= 15 is 0 Å². The van der Waals surface area contributed by atoms with Crippen LogP contribution in [0.4, 0.5) is 4.79 Å². The predicted octanol–water partition coefficient (Wildman–Crippen LogP) is 1.13. The predicted molar refractivity (Wildman–Crippen MR) is 60.0 cm³/mol. The minimum absolute atomic E-state index is 0.0152. The maximum absolute atomic E-state index is 11.8. The van der Waals surface area contributed by atoms with Gasteiger partial charge in [0, 0.05) is 25.6 Å². The molecule has 0 aromatic heterocycles. The first kappa shape index (κ1) is 12.8. The van der Waals surface area contributed by atoms with Gasteiger partial charge in [0.25, 0.3) is 0 Å². The summed E-state index contributed by atoms with van der Waals surface area (Å²) >= 11 is 0. The standard InChI is InChI=1S/C11H20N2O3/c1-8-7-13(6-5-9(14)12-8)10(15)16-11(2,3)4/h8H,5-7H2,1-4H3,(H,12,14). The number of carbonyl (C=O) groups excluding carboxylic acids is 2. The van der Waals surface area contributed by atoms with Crippen LogP contribution in [-0.2, 0) is 9.53 Å². The highest BCUT2D eigenvalue weighted by Gasteiger charge is 2.26. The molecule has 2 amide bonds. The first-order chi connectivity index (χ1) is 7.28. The van der Waals surface area contributed by atoms with Crippen molar-refractivity contribution in [3.05, 3.63) is 0 Å². The summed E-state index contributed by atoms with van der Waals surface area (Å²) in [7, 11) is 0. The lowest BCUT2D eigenvalue weighted by atomic mass is 10.2. The molecule has 16 heavy (non-hydrogen) atoms. The monoisotopic (exact) mass is 228 g/mol. The smallest absolute Gasteiger partial charge is 0.410 e. The van der Waals surface area contributed by atoms with E-state index in [1.807, 2.05) is 27.7 Å². The summed E-state index contributed by atoms with van der Waals surface area (Å²) in [6, 6.07) is -0.0254. The molecule has 1 heterocycles. The van der Waals surface area contributed by atoms with Crippen LogP contribution in [0.2, 0.25) is 0 Å². The first-order valence-corrected chi connectivity index (χ1v) is 5.55. The largest absolute Gasteiger partial charge is 0.444 e. The van der Waals surface area contributed by atoms with Crippen LogP contribution in [0.3, 0.4) is 0 Å². The summed E-state index contributed by atoms with van der Waals surface area (Å²) in [6.45, 7) is 8.28. The molecule has 5 heteroatoms. The van der Waals surface area contributed by atoms with E-state index in [0.717, 1.165) is 0 Å². The van der Waals surface area contributed by atoms with Gasteiger partial charge in [-0.1, -0.05) is 0 Å². The molecule has 1 rings (SSSR count). The number of rotatable bonds is 0. The molecule has 1 aliphatic heterocycles. The normalized spacial score (nSPS) is 22.4. The average molecular weight is 228 g/mol. The molecule has 1 unspecified atom stereocenters. The van der Waals surface area contributed by atoms with E-state index in [0.29, 0.717) is 19.5 Å². The lowest BCUT2D eigenvalue weighted by molar-refractivity contribution is -0.121. The molecule has 92 valence electrons. The second-order valence-electron chi connectivity index (χ2n) is 5.14. The molecule has 0 radical (unpaired) electrons. The highest BCUT2D eigenvalue weighted by atomic mass is 16.6. The summed E-state index contributed by atoms with van der Waals surface area (Å²) in [5.41, 5.74) is -0.496. The zero-order valence-corrected chi connectivity index (χ0v) is 10.4. The number of ether oxygens (including phenoxy) is 1. The third kappa shape index (κ3) is 4.08. The topological polar surface area (TPSA) is 58.6 Å². The number of hydrogen-bond donors (Lipinski definition) is 1. The van der Waals surface area contributed by atoms with Crippen LogP contribution in [-0.4, -0.2) is 41.6 Å². The lowest BCUT2D eigenvalue weighted by Gasteiger charge is -2.27. The third-order valence-electron chi connectivity index (χ3n) is 2.16. The summed E-state index contributed by atoms with van der Waals surface area (Å²) in [6.07, 6.45) is -0.0142. The van der Waals surface area contributed by atoms with Gasteiger partial charge in [0.05, 0.1) is 0 Å². The number of carbonyl (C=O) groups is 2. The molecule has 0 aromatic carbocycles. The van der Waals surface area contributed by atoms with Gasteiger partial charge in [-0.25, -0.2) is 4.79 Å². The molecular weight excluding hydrogens is 208 g/mol. The van der Waals surface area contributed by atoms with E-state index in [1.165, 1.54) is 0 Å². The van der Waals surface area contributed by atoms with Crippen molar-refractivity contribution < 1.29 is 14.3 Å². The van der Waals surface area contributed by atoms with E-state index in [4.69, 9.17) is 4.74 Å². The van der Waals surface area contributed by atoms with Crippen LogP contribution in [0.5, 0.6) is 0 Å². The number of nitrogens with one attached hydrogen (secondary N) is 1. The van der Waals surface area contributed by atoms with Gasteiger partial charge >= 0.3 is 6.09 Å². The summed E-state index contributed by atoms with van der Waals surface area (Å²) in [4.78, 5) is 24.6. The third-order valence-corrected chi connectivity index (χ3v) is 2.16. The average Bonchev–Trinajstić information content (AvgIpc) is 2.23. The first-order valence-electron chi connectivity index (χ1n) is 5.55. The Labute approximate surface area is 96.1 Å². The van der Waals surface area contributed by atoms with Crippen molar-refractivity contribution in [1.82, 2.24) is 10.2 Å². The highest BCUT2D eigenvalue weighted by Crippen LogP contribution is 2.11. The Morgan fingerprint density at radius 2 is 2.12 bits per heavy atom. The molecule has 0 spiro atoms. The molecule has 1 atom stereocenters. The summed E-state index contributed by atoms with van der Waals surface area (Å²) in [5.74, 6) is -0.0152. The van der Waals surface area contributed by atoms with Crippen molar-refractivity contribution in [2.45, 2.75) is 45.8 Å². The lowest BCUT2D eigenvalue weighted by Crippen LogP contribution is -2.42. The highest BCUT2D eigenvalue weighted by molar-refractivity contribution is 5.78. The maximum Gasteiger partial charge on any atom is 0.410 e. The van der Waals surface area contributed by atoms with Gasteiger partial charge in [-0.2, -0.15) is 0 Å². The molecule has 1 saturated heterocycles. The fourth-order valence-electron chi connectivity index (χ4n) is 1.54. The van der Waals surface area contributed by atoms with Crippen molar-refractivity contribution in [3.8, 4) is 0 Å². The second kappa shape index (κ2) is 4.72. The molecule has 0 saturated carbocycles. The van der Waals surface area contributed by atoms with Crippen molar-refractivity contribution in [3.63, 3.8) is 0 Å². The van der Waals surface area contributed by atoms with Crippen LogP contribution >= 0.6 is 0 Å². The Hall–Kier alpha value is -1.26. The van der Waals surface area contributed by atoms with Gasteiger partial charge in [-0.3, -0.25) is 4.79 Å². The van der Waals surface area contributed by atoms with Crippen molar-refractivity contribution >= 4 is 12.0 Å². The Balaban J connectivity index is 2.59. The van der Waals surface area contributed by atoms with Crippen molar-refractivity contribution in [2.75, 3.05) is 13.1 Å². The van der Waals surface area contributed by atoms with Gasteiger partial charge < -0.3 is 15.0 Å². The summed E-state index contributed by atoms with van der Waals surface area (Å²) in [5, 5.41) is 2.80. The number of nitrogens with zero attached hydrogens (tertiary/aromatic N) is 1. The van der Waals surface area contributed by atoms with E-state index in [2.05, 4.69) is 5.32 Å². The van der Waals surface area contributed by atoms with E-state index in [9.17, 15) is 9.59 Å². The Bertz CT molecular complexity index is 283. The zero-order chi connectivity index (χ0) is 12.3. The minimum atomic E-state index is -0.496. The van der Waals surface area contributed by atoms with E-state index < -0.39 is 5.60 Å². The SMILES string of the molecule is CC1CN(C(=O)OC(C)(C)C)CCC(=O)N1. The summed E-state index contributed by atoms with van der Waals surface area (Å²) < 4.78 is 5.26. The fraction of sp³-hybridized carbons (Fsp3) is 0.818. The molecular formula is C11H20N2O3. The van der Waals surface area contributed by atoms with Gasteiger partial charge in [-0.15, -0.1) is 0 Å². The molecule has 0 aromatic rings. The maximum atomic E-state index is 11.8. The fourth-order valence-corrected chi connectivity index (χ4v) is 1.54. The number of amides is 2. The molecule has 1 fully saturated rings. The van der Waals surface area contributed by atoms with Gasteiger partial charge in [0.15, 0.2) is 0 Å². The number of hydrogen-bond acceptors (Lipinski definition) is 3. The molecule has 0 bridgehead atoms. The Morgan fingerprint density at radius 3 is 2.69 bits per heavy atom. The van der Waals surface area contributed by atoms with Crippen molar-refractivity contribution in [1.29, 1.82) is 0 Å². The van der Waals surface area contributed by atoms with Gasteiger partial charge in [0.2, 0.25) is 5.91 Å². The minimum Gasteiger partial charge on any atom is -0.444 e. The van der Waals surface area contributed by atoms with Crippen LogP contribution in [0.15, 0.2) is 0 Å².